The summed E-state index contributed by atoms with van der Waals surface area (Å²) in [4.78, 5) is 12.1. The van der Waals surface area contributed by atoms with E-state index in [1.807, 2.05) is 0 Å². The highest BCUT2D eigenvalue weighted by molar-refractivity contribution is 8.13. The predicted molar refractivity (Wildman–Crippen MR) is 101 cm³/mol. The second-order valence-electron chi connectivity index (χ2n) is 5.82. The van der Waals surface area contributed by atoms with Crippen LogP contribution >= 0.6 is 10.7 Å². The molecule has 6 nitrogen and oxygen atoms in total. The highest BCUT2D eigenvalue weighted by atomic mass is 35.7. The summed E-state index contributed by atoms with van der Waals surface area (Å²) in [6, 6.07) is 14.0. The van der Waals surface area contributed by atoms with E-state index in [0.29, 0.717) is 3.97 Å². The summed E-state index contributed by atoms with van der Waals surface area (Å²) in [6.07, 6.45) is 1.81. The molecule has 3 aromatic rings. The molecule has 0 aliphatic heterocycles. The van der Waals surface area contributed by atoms with Crippen molar-refractivity contribution in [1.82, 2.24) is 3.97 Å². The molecule has 0 amide bonds. The molecule has 0 saturated heterocycles. The monoisotopic (exact) mass is 423 g/mol. The van der Waals surface area contributed by atoms with Gasteiger partial charge in [-0.25, -0.2) is 20.8 Å². The van der Waals surface area contributed by atoms with Crippen LogP contribution in [0.5, 0.6) is 0 Å². The Morgan fingerprint density at radius 1 is 0.889 bits per heavy atom. The van der Waals surface area contributed by atoms with Crippen LogP contribution in [0.2, 0.25) is 0 Å². The van der Waals surface area contributed by atoms with Gasteiger partial charge >= 0.3 is 0 Å². The summed E-state index contributed by atoms with van der Waals surface area (Å²) >= 11 is 0. The molecule has 0 atom stereocenters. The van der Waals surface area contributed by atoms with E-state index in [-0.39, 0.29) is 16.0 Å². The Kier molecular flexibility index (Phi) is 4.98. The van der Waals surface area contributed by atoms with Crippen LogP contribution in [0.4, 0.5) is 0 Å². The van der Waals surface area contributed by atoms with Crippen LogP contribution in [-0.2, 0) is 19.1 Å². The number of aryl methyl sites for hydroxylation is 1. The average Bonchev–Trinajstić information content (AvgIpc) is 3.09. The third kappa shape index (κ3) is 3.83. The van der Waals surface area contributed by atoms with Crippen molar-refractivity contribution in [1.29, 1.82) is 0 Å². The summed E-state index contributed by atoms with van der Waals surface area (Å²) < 4.78 is 50.2. The van der Waals surface area contributed by atoms with Crippen LogP contribution in [0.1, 0.15) is 21.5 Å². The van der Waals surface area contributed by atoms with Crippen molar-refractivity contribution in [2.24, 2.45) is 0 Å². The number of halogens is 1. The average molecular weight is 424 g/mol. The van der Waals surface area contributed by atoms with Crippen LogP contribution < -0.4 is 0 Å². The maximum atomic E-state index is 12.8. The van der Waals surface area contributed by atoms with E-state index < -0.39 is 29.8 Å². The van der Waals surface area contributed by atoms with Gasteiger partial charge in [-0.05, 0) is 19.1 Å². The number of nitrogens with zero attached hydrogens (tertiary/aromatic N) is 1. The predicted octanol–water partition coefficient (Wildman–Crippen LogP) is 3.19. The fraction of sp³-hybridized carbons (Fsp3) is 0.0556. The Balaban J connectivity index is 2.18. The van der Waals surface area contributed by atoms with E-state index in [2.05, 4.69) is 0 Å². The lowest BCUT2D eigenvalue weighted by Gasteiger charge is -2.05. The lowest BCUT2D eigenvalue weighted by molar-refractivity contribution is 0.103. The first kappa shape index (κ1) is 19.3. The van der Waals surface area contributed by atoms with Gasteiger partial charge in [0.25, 0.3) is 19.1 Å². The molecular weight excluding hydrogens is 410 g/mol. The zero-order valence-corrected chi connectivity index (χ0v) is 16.4. The molecule has 0 unspecified atom stereocenters. The fourth-order valence-corrected chi connectivity index (χ4v) is 4.79. The smallest absolute Gasteiger partial charge is 0.267 e. The lowest BCUT2D eigenvalue weighted by atomic mass is 10.1. The zero-order valence-electron chi connectivity index (χ0n) is 14.0. The van der Waals surface area contributed by atoms with Gasteiger partial charge < -0.3 is 0 Å². The number of benzene rings is 2. The first-order valence-corrected chi connectivity index (χ1v) is 11.4. The molecule has 0 N–H and O–H groups in total. The molecule has 0 spiro atoms. The van der Waals surface area contributed by atoms with Crippen molar-refractivity contribution in [2.75, 3.05) is 0 Å². The Bertz CT molecular complexity index is 1210. The van der Waals surface area contributed by atoms with Gasteiger partial charge in [0.1, 0.15) is 4.90 Å². The van der Waals surface area contributed by atoms with Gasteiger partial charge in [-0.1, -0.05) is 48.0 Å². The summed E-state index contributed by atoms with van der Waals surface area (Å²) in [5.41, 5.74) is 0.766. The molecular formula is C18H14ClNO5S2. The molecule has 140 valence electrons. The summed E-state index contributed by atoms with van der Waals surface area (Å²) in [7, 11) is -3.00. The Morgan fingerprint density at radius 2 is 1.48 bits per heavy atom. The van der Waals surface area contributed by atoms with E-state index in [0.717, 1.165) is 18.0 Å². The van der Waals surface area contributed by atoms with Crippen LogP contribution in [0.15, 0.2) is 76.8 Å². The number of ketones is 1. The summed E-state index contributed by atoms with van der Waals surface area (Å²) in [5, 5.41) is 0. The van der Waals surface area contributed by atoms with Crippen LogP contribution in [0, 0.1) is 6.92 Å². The zero-order chi connectivity index (χ0) is 19.8. The highest BCUT2D eigenvalue weighted by Crippen LogP contribution is 2.26. The molecule has 1 heterocycles. The van der Waals surface area contributed by atoms with E-state index >= 15 is 0 Å². The number of hydrogen-bond acceptors (Lipinski definition) is 5. The third-order valence-corrected chi connectivity index (χ3v) is 6.89. The van der Waals surface area contributed by atoms with Gasteiger partial charge in [0, 0.05) is 28.6 Å². The second kappa shape index (κ2) is 6.95. The van der Waals surface area contributed by atoms with Crippen LogP contribution in [0.25, 0.3) is 0 Å². The van der Waals surface area contributed by atoms with Crippen molar-refractivity contribution in [2.45, 2.75) is 16.7 Å². The third-order valence-electron chi connectivity index (χ3n) is 3.91. The Morgan fingerprint density at radius 3 is 2.04 bits per heavy atom. The van der Waals surface area contributed by atoms with Crippen molar-refractivity contribution in [3.8, 4) is 0 Å². The van der Waals surface area contributed by atoms with E-state index in [1.54, 1.807) is 37.3 Å². The maximum Gasteiger partial charge on any atom is 0.267 e. The quantitative estimate of drug-likeness (QED) is 0.464. The van der Waals surface area contributed by atoms with Gasteiger partial charge in [0.15, 0.2) is 5.78 Å². The van der Waals surface area contributed by atoms with Crippen molar-refractivity contribution < 1.29 is 21.6 Å². The normalized spacial score (nSPS) is 12.1. The molecule has 2 aromatic carbocycles. The largest absolute Gasteiger partial charge is 0.289 e. The van der Waals surface area contributed by atoms with Gasteiger partial charge in [-0.3, -0.25) is 4.79 Å². The molecule has 0 aliphatic carbocycles. The lowest BCUT2D eigenvalue weighted by Crippen LogP contribution is -2.11. The minimum atomic E-state index is -4.35. The van der Waals surface area contributed by atoms with Gasteiger partial charge in [0.05, 0.1) is 10.5 Å². The van der Waals surface area contributed by atoms with E-state index in [1.165, 1.54) is 24.3 Å². The molecule has 27 heavy (non-hydrogen) atoms. The summed E-state index contributed by atoms with van der Waals surface area (Å²) in [6.45, 7) is 1.81. The van der Waals surface area contributed by atoms with Gasteiger partial charge in [-0.2, -0.15) is 0 Å². The number of hydrogen-bond donors (Lipinski definition) is 0. The first-order valence-electron chi connectivity index (χ1n) is 7.69. The van der Waals surface area contributed by atoms with E-state index in [4.69, 9.17) is 10.7 Å². The minimum Gasteiger partial charge on any atom is -0.289 e. The summed E-state index contributed by atoms with van der Waals surface area (Å²) in [5.74, 6) is -0.646. The van der Waals surface area contributed by atoms with Crippen molar-refractivity contribution in [3.05, 3.63) is 83.7 Å². The van der Waals surface area contributed by atoms with E-state index in [9.17, 15) is 21.6 Å². The SMILES string of the molecule is Cc1ccc(S(=O)(=O)n2cc(C(=O)c3ccccc3)c(S(=O)(=O)Cl)c2)cc1. The number of rotatable bonds is 5. The minimum absolute atomic E-state index is 0.0414. The molecule has 0 radical (unpaired) electrons. The molecule has 0 aliphatic rings. The molecule has 0 fully saturated rings. The Labute approximate surface area is 161 Å². The fourth-order valence-electron chi connectivity index (χ4n) is 2.49. The molecule has 0 bridgehead atoms. The molecule has 3 rings (SSSR count). The number of carbonyl (C=O) groups excluding carboxylic acids is 1. The van der Waals surface area contributed by atoms with Crippen LogP contribution in [0.3, 0.4) is 0 Å². The van der Waals surface area contributed by atoms with Crippen molar-refractivity contribution in [3.63, 3.8) is 0 Å². The number of carbonyl (C=O) groups is 1. The standard InChI is InChI=1S/C18H14ClNO5S2/c1-13-7-9-15(10-8-13)27(24,25)20-11-16(17(12-20)26(19,22)23)18(21)14-5-3-2-4-6-14/h2-12H,1H3. The highest BCUT2D eigenvalue weighted by Gasteiger charge is 2.28. The first-order chi connectivity index (χ1) is 12.6. The van der Waals surface area contributed by atoms with Gasteiger partial charge in [0.2, 0.25) is 0 Å². The maximum absolute atomic E-state index is 12.8. The van der Waals surface area contributed by atoms with Crippen LogP contribution in [-0.4, -0.2) is 26.6 Å². The topological polar surface area (TPSA) is 90.3 Å². The second-order valence-corrected chi connectivity index (χ2v) is 10.2. The van der Waals surface area contributed by atoms with Gasteiger partial charge in [-0.15, -0.1) is 0 Å². The Hall–Kier alpha value is -2.42. The molecule has 1 aromatic heterocycles. The molecule has 0 saturated carbocycles. The molecule has 9 heteroatoms. The number of aromatic nitrogens is 1. The van der Waals surface area contributed by atoms with Crippen molar-refractivity contribution >= 4 is 35.5 Å².